The molecule has 12 heavy (non-hydrogen) atoms. The number of halogens is 1. The van der Waals surface area contributed by atoms with Gasteiger partial charge in [0.05, 0.1) is 5.69 Å². The van der Waals surface area contributed by atoms with Gasteiger partial charge in [-0.3, -0.25) is 10.0 Å². The Hall–Kier alpha value is -0.870. The number of anilines is 1. The van der Waals surface area contributed by atoms with Gasteiger partial charge in [-0.2, -0.15) is 5.06 Å². The summed E-state index contributed by atoms with van der Waals surface area (Å²) in [6.45, 7) is 1.29. The number of rotatable bonds is 1. The fourth-order valence-corrected chi connectivity index (χ4v) is 1.18. The Balaban J connectivity index is 2.95. The van der Waals surface area contributed by atoms with Crippen LogP contribution in [-0.2, 0) is 4.79 Å². The first-order valence-corrected chi connectivity index (χ1v) is 4.15. The van der Waals surface area contributed by atoms with Gasteiger partial charge < -0.3 is 0 Å². The molecule has 1 aromatic rings. The van der Waals surface area contributed by atoms with Crippen molar-refractivity contribution in [3.05, 3.63) is 28.7 Å². The van der Waals surface area contributed by atoms with Crippen LogP contribution in [0.15, 0.2) is 28.7 Å². The summed E-state index contributed by atoms with van der Waals surface area (Å²) in [7, 11) is 0. The highest BCUT2D eigenvalue weighted by atomic mass is 79.9. The Morgan fingerprint density at radius 1 is 1.58 bits per heavy atom. The molecule has 0 atom stereocenters. The van der Waals surface area contributed by atoms with Gasteiger partial charge in [0.25, 0.3) is 0 Å². The normalized spacial score (nSPS) is 9.58. The predicted octanol–water partition coefficient (Wildman–Crippen LogP) is 2.19. The Morgan fingerprint density at radius 3 is 2.75 bits per heavy atom. The Labute approximate surface area is 78.7 Å². The molecule has 0 radical (unpaired) electrons. The van der Waals surface area contributed by atoms with Gasteiger partial charge in [0.2, 0.25) is 5.91 Å². The maximum Gasteiger partial charge on any atom is 0.247 e. The molecule has 0 aliphatic heterocycles. The zero-order valence-corrected chi connectivity index (χ0v) is 8.08. The van der Waals surface area contributed by atoms with Crippen LogP contribution in [-0.4, -0.2) is 11.1 Å². The first-order chi connectivity index (χ1) is 5.61. The minimum Gasteiger partial charge on any atom is -0.281 e. The van der Waals surface area contributed by atoms with Crippen molar-refractivity contribution < 1.29 is 10.0 Å². The lowest BCUT2D eigenvalue weighted by molar-refractivity contribution is -0.121. The van der Waals surface area contributed by atoms with Crippen LogP contribution in [0.1, 0.15) is 6.92 Å². The highest BCUT2D eigenvalue weighted by Gasteiger charge is 2.06. The second kappa shape index (κ2) is 3.69. The molecule has 4 heteroatoms. The van der Waals surface area contributed by atoms with E-state index in [-0.39, 0.29) is 0 Å². The van der Waals surface area contributed by atoms with Gasteiger partial charge in [-0.1, -0.05) is 22.0 Å². The number of hydroxylamine groups is 1. The van der Waals surface area contributed by atoms with E-state index in [1.807, 2.05) is 6.07 Å². The van der Waals surface area contributed by atoms with Crippen molar-refractivity contribution in [2.45, 2.75) is 6.92 Å². The minimum absolute atomic E-state index is 0.409. The van der Waals surface area contributed by atoms with Gasteiger partial charge in [-0.15, -0.1) is 0 Å². The van der Waals surface area contributed by atoms with Crippen molar-refractivity contribution in [2.24, 2.45) is 0 Å². The predicted molar refractivity (Wildman–Crippen MR) is 49.1 cm³/mol. The highest BCUT2D eigenvalue weighted by molar-refractivity contribution is 9.10. The van der Waals surface area contributed by atoms with Crippen molar-refractivity contribution in [3.63, 3.8) is 0 Å². The SMILES string of the molecule is CC(=O)N(O)c1cccc(Br)c1. The zero-order valence-electron chi connectivity index (χ0n) is 6.49. The summed E-state index contributed by atoms with van der Waals surface area (Å²) in [5.74, 6) is -0.409. The highest BCUT2D eigenvalue weighted by Crippen LogP contribution is 2.18. The van der Waals surface area contributed by atoms with E-state index in [0.29, 0.717) is 10.8 Å². The summed E-state index contributed by atoms with van der Waals surface area (Å²) in [6, 6.07) is 6.86. The number of benzene rings is 1. The maximum atomic E-state index is 10.7. The summed E-state index contributed by atoms with van der Waals surface area (Å²) in [6.07, 6.45) is 0. The van der Waals surface area contributed by atoms with Crippen molar-refractivity contribution in [3.8, 4) is 0 Å². The van der Waals surface area contributed by atoms with Crippen LogP contribution in [0.5, 0.6) is 0 Å². The quantitative estimate of drug-likeness (QED) is 0.593. The zero-order chi connectivity index (χ0) is 9.14. The van der Waals surface area contributed by atoms with Crippen molar-refractivity contribution in [2.75, 3.05) is 5.06 Å². The Bertz CT molecular complexity index is 301. The first kappa shape index (κ1) is 9.22. The van der Waals surface area contributed by atoms with Crippen molar-refractivity contribution in [1.82, 2.24) is 0 Å². The number of nitrogens with zero attached hydrogens (tertiary/aromatic N) is 1. The molecule has 0 heterocycles. The number of amides is 1. The molecule has 1 N–H and O–H groups in total. The van der Waals surface area contributed by atoms with Crippen molar-refractivity contribution in [1.29, 1.82) is 0 Å². The third-order valence-corrected chi connectivity index (χ3v) is 1.84. The van der Waals surface area contributed by atoms with Gasteiger partial charge in [-0.05, 0) is 18.2 Å². The van der Waals surface area contributed by atoms with E-state index >= 15 is 0 Å². The third kappa shape index (κ3) is 2.06. The Morgan fingerprint density at radius 2 is 2.25 bits per heavy atom. The van der Waals surface area contributed by atoms with E-state index < -0.39 is 5.91 Å². The summed E-state index contributed by atoms with van der Waals surface area (Å²) >= 11 is 3.23. The molecule has 64 valence electrons. The number of carbonyl (C=O) groups is 1. The smallest absolute Gasteiger partial charge is 0.247 e. The number of hydrogen-bond acceptors (Lipinski definition) is 2. The average Bonchev–Trinajstić information content (AvgIpc) is 2.03. The lowest BCUT2D eigenvalue weighted by Gasteiger charge is -2.11. The molecular formula is C8H8BrNO2. The molecule has 1 rings (SSSR count). The minimum atomic E-state index is -0.409. The van der Waals surface area contributed by atoms with Crippen LogP contribution in [0.2, 0.25) is 0 Å². The van der Waals surface area contributed by atoms with Crippen LogP contribution in [0.3, 0.4) is 0 Å². The monoisotopic (exact) mass is 229 g/mol. The molecule has 0 bridgehead atoms. The fraction of sp³-hybridized carbons (Fsp3) is 0.125. The van der Waals surface area contributed by atoms with E-state index in [1.54, 1.807) is 18.2 Å². The Kier molecular flexibility index (Phi) is 2.83. The van der Waals surface area contributed by atoms with Crippen LogP contribution in [0, 0.1) is 0 Å². The molecule has 0 aliphatic carbocycles. The van der Waals surface area contributed by atoms with E-state index in [4.69, 9.17) is 0 Å². The van der Waals surface area contributed by atoms with Gasteiger partial charge >= 0.3 is 0 Å². The van der Waals surface area contributed by atoms with Gasteiger partial charge in [0.1, 0.15) is 0 Å². The number of carbonyl (C=O) groups excluding carboxylic acids is 1. The lowest BCUT2D eigenvalue weighted by atomic mass is 10.3. The fourth-order valence-electron chi connectivity index (χ4n) is 0.790. The van der Waals surface area contributed by atoms with E-state index in [1.165, 1.54) is 6.92 Å². The second-order valence-corrected chi connectivity index (χ2v) is 3.23. The van der Waals surface area contributed by atoms with E-state index in [0.717, 1.165) is 4.47 Å². The molecule has 0 spiro atoms. The molecule has 0 saturated heterocycles. The lowest BCUT2D eigenvalue weighted by Crippen LogP contribution is -2.23. The molecule has 0 unspecified atom stereocenters. The van der Waals surface area contributed by atoms with E-state index in [9.17, 15) is 10.0 Å². The van der Waals surface area contributed by atoms with E-state index in [2.05, 4.69) is 15.9 Å². The molecule has 0 fully saturated rings. The molecule has 0 saturated carbocycles. The van der Waals surface area contributed by atoms with Gasteiger partial charge in [-0.25, -0.2) is 0 Å². The van der Waals surface area contributed by atoms with Gasteiger partial charge in [0.15, 0.2) is 0 Å². The third-order valence-electron chi connectivity index (χ3n) is 1.35. The van der Waals surface area contributed by atoms with Crippen molar-refractivity contribution >= 4 is 27.5 Å². The average molecular weight is 230 g/mol. The summed E-state index contributed by atoms with van der Waals surface area (Å²) in [5, 5.41) is 9.79. The molecule has 1 aromatic carbocycles. The van der Waals surface area contributed by atoms with Crippen LogP contribution in [0.4, 0.5) is 5.69 Å². The van der Waals surface area contributed by atoms with Crippen LogP contribution < -0.4 is 5.06 Å². The van der Waals surface area contributed by atoms with Crippen LogP contribution >= 0.6 is 15.9 Å². The molecular weight excluding hydrogens is 222 g/mol. The summed E-state index contributed by atoms with van der Waals surface area (Å²) < 4.78 is 0.820. The first-order valence-electron chi connectivity index (χ1n) is 3.36. The molecule has 0 aromatic heterocycles. The summed E-state index contributed by atoms with van der Waals surface area (Å²) in [5.41, 5.74) is 0.455. The molecule has 1 amide bonds. The topological polar surface area (TPSA) is 40.5 Å². The van der Waals surface area contributed by atoms with Crippen LogP contribution in [0.25, 0.3) is 0 Å². The summed E-state index contributed by atoms with van der Waals surface area (Å²) in [4.78, 5) is 10.7. The largest absolute Gasteiger partial charge is 0.281 e. The number of hydrogen-bond donors (Lipinski definition) is 1. The standard InChI is InChI=1S/C8H8BrNO2/c1-6(11)10(12)8-4-2-3-7(9)5-8/h2-5,12H,1H3. The van der Waals surface area contributed by atoms with Gasteiger partial charge in [0, 0.05) is 11.4 Å². The molecule has 3 nitrogen and oxygen atoms in total. The molecule has 0 aliphatic rings. The second-order valence-electron chi connectivity index (χ2n) is 2.31. The maximum absolute atomic E-state index is 10.7.